The molecule has 0 spiro atoms. The summed E-state index contributed by atoms with van der Waals surface area (Å²) in [5.74, 6) is 1.35. The predicted octanol–water partition coefficient (Wildman–Crippen LogP) is 1.34. The second-order valence-electron chi connectivity index (χ2n) is 6.90. The highest BCUT2D eigenvalue weighted by atomic mass is 16.2. The lowest BCUT2D eigenvalue weighted by Crippen LogP contribution is -2.52. The number of hydrogen-bond acceptors (Lipinski definition) is 4. The Kier molecular flexibility index (Phi) is 4.55. The Morgan fingerprint density at radius 3 is 2.52 bits per heavy atom. The number of carbonyl (C=O) groups is 1. The maximum atomic E-state index is 12.8. The minimum atomic E-state index is 0.0375. The van der Waals surface area contributed by atoms with Crippen molar-refractivity contribution >= 4 is 11.6 Å². The fourth-order valence-electron chi connectivity index (χ4n) is 3.85. The molecule has 4 rings (SSSR count). The lowest BCUT2D eigenvalue weighted by Gasteiger charge is -2.37. The molecule has 0 saturated carbocycles. The number of benzene rings is 1. The second-order valence-corrected chi connectivity index (χ2v) is 6.90. The molecule has 0 bridgehead atoms. The summed E-state index contributed by atoms with van der Waals surface area (Å²) in [6.07, 6.45) is 4.76. The van der Waals surface area contributed by atoms with Gasteiger partial charge in [-0.05, 0) is 18.6 Å². The average molecular weight is 339 g/mol. The molecule has 2 aliphatic heterocycles. The Morgan fingerprint density at radius 2 is 1.84 bits per heavy atom. The van der Waals surface area contributed by atoms with Gasteiger partial charge in [-0.2, -0.15) is 0 Å². The van der Waals surface area contributed by atoms with Crippen molar-refractivity contribution in [1.82, 2.24) is 19.4 Å². The molecule has 6 heteroatoms. The molecule has 1 aromatic heterocycles. The van der Waals surface area contributed by atoms with Gasteiger partial charge in [0.25, 0.3) is 0 Å². The molecule has 1 atom stereocenters. The van der Waals surface area contributed by atoms with Crippen molar-refractivity contribution in [3.63, 3.8) is 0 Å². The molecule has 2 aliphatic rings. The molecule has 3 heterocycles. The van der Waals surface area contributed by atoms with Gasteiger partial charge >= 0.3 is 0 Å². The fraction of sp³-hybridized carbons (Fsp3) is 0.474. The van der Waals surface area contributed by atoms with E-state index in [4.69, 9.17) is 0 Å². The molecule has 1 aromatic carbocycles. The van der Waals surface area contributed by atoms with Gasteiger partial charge in [0.15, 0.2) is 0 Å². The number of rotatable bonds is 4. The lowest BCUT2D eigenvalue weighted by atomic mass is 10.2. The van der Waals surface area contributed by atoms with Crippen LogP contribution in [0.1, 0.15) is 12.2 Å². The number of para-hydroxylation sites is 1. The number of carbonyl (C=O) groups excluding carboxylic acids is 1. The van der Waals surface area contributed by atoms with Crippen LogP contribution in [0.4, 0.5) is 5.69 Å². The molecule has 0 aliphatic carbocycles. The summed E-state index contributed by atoms with van der Waals surface area (Å²) < 4.78 is 2.07. The SMILES string of the molecule is Cn1ccnc1CN1CCN([C@@H]2CCN(c3ccccc3)C2=O)CC1. The van der Waals surface area contributed by atoms with Crippen molar-refractivity contribution in [2.45, 2.75) is 19.0 Å². The van der Waals surface area contributed by atoms with Crippen molar-refractivity contribution in [2.24, 2.45) is 7.05 Å². The van der Waals surface area contributed by atoms with Gasteiger partial charge in [-0.3, -0.25) is 14.6 Å². The van der Waals surface area contributed by atoms with Gasteiger partial charge in [-0.15, -0.1) is 0 Å². The van der Waals surface area contributed by atoms with Crippen molar-refractivity contribution in [2.75, 3.05) is 37.6 Å². The molecule has 6 nitrogen and oxygen atoms in total. The van der Waals surface area contributed by atoms with Gasteiger partial charge < -0.3 is 9.47 Å². The van der Waals surface area contributed by atoms with E-state index < -0.39 is 0 Å². The Morgan fingerprint density at radius 1 is 1.08 bits per heavy atom. The van der Waals surface area contributed by atoms with E-state index in [0.29, 0.717) is 0 Å². The van der Waals surface area contributed by atoms with E-state index >= 15 is 0 Å². The summed E-state index contributed by atoms with van der Waals surface area (Å²) in [5.41, 5.74) is 1.02. The van der Waals surface area contributed by atoms with Crippen LogP contribution in [0.2, 0.25) is 0 Å². The highest BCUT2D eigenvalue weighted by Gasteiger charge is 2.37. The van der Waals surface area contributed by atoms with Crippen molar-refractivity contribution in [3.05, 3.63) is 48.5 Å². The quantitative estimate of drug-likeness (QED) is 0.843. The largest absolute Gasteiger partial charge is 0.337 e. The smallest absolute Gasteiger partial charge is 0.244 e. The third-order valence-electron chi connectivity index (χ3n) is 5.38. The van der Waals surface area contributed by atoms with E-state index in [2.05, 4.69) is 19.4 Å². The van der Waals surface area contributed by atoms with Crippen LogP contribution in [0.15, 0.2) is 42.7 Å². The number of piperazine rings is 1. The molecule has 2 aromatic rings. The standard InChI is InChI=1S/C19H25N5O/c1-21-10-8-20-18(21)15-22-11-13-23(14-12-22)17-7-9-24(19(17)25)16-5-3-2-4-6-16/h2-6,8,10,17H,7,9,11-15H2,1H3/t17-/m1/s1. The van der Waals surface area contributed by atoms with Gasteiger partial charge in [0, 0.05) is 57.9 Å². The fourth-order valence-corrected chi connectivity index (χ4v) is 3.85. The van der Waals surface area contributed by atoms with Crippen LogP contribution in [0, 0.1) is 0 Å². The van der Waals surface area contributed by atoms with Crippen LogP contribution in [0.25, 0.3) is 0 Å². The van der Waals surface area contributed by atoms with E-state index in [1.165, 1.54) is 0 Å². The minimum absolute atomic E-state index is 0.0375. The maximum Gasteiger partial charge on any atom is 0.244 e. The molecule has 0 unspecified atom stereocenters. The number of nitrogens with zero attached hydrogens (tertiary/aromatic N) is 5. The van der Waals surface area contributed by atoms with Crippen LogP contribution in [0.3, 0.4) is 0 Å². The van der Waals surface area contributed by atoms with Gasteiger partial charge in [-0.25, -0.2) is 4.98 Å². The highest BCUT2D eigenvalue weighted by molar-refractivity contribution is 5.99. The first kappa shape index (κ1) is 16.3. The van der Waals surface area contributed by atoms with Gasteiger partial charge in [-0.1, -0.05) is 18.2 Å². The normalized spacial score (nSPS) is 22.7. The van der Waals surface area contributed by atoms with Crippen LogP contribution in [-0.2, 0) is 18.4 Å². The zero-order valence-electron chi connectivity index (χ0n) is 14.7. The zero-order chi connectivity index (χ0) is 17.2. The number of imidazole rings is 1. The second kappa shape index (κ2) is 6.98. The molecule has 2 fully saturated rings. The number of amides is 1. The zero-order valence-corrected chi connectivity index (χ0v) is 14.7. The Hall–Kier alpha value is -2.18. The maximum absolute atomic E-state index is 12.8. The minimum Gasteiger partial charge on any atom is -0.337 e. The lowest BCUT2D eigenvalue weighted by molar-refractivity contribution is -0.122. The van der Waals surface area contributed by atoms with Crippen LogP contribution in [0.5, 0.6) is 0 Å². The number of hydrogen-bond donors (Lipinski definition) is 0. The molecule has 0 radical (unpaired) electrons. The van der Waals surface area contributed by atoms with E-state index in [1.54, 1.807) is 0 Å². The summed E-state index contributed by atoms with van der Waals surface area (Å²) in [5, 5.41) is 0. The monoisotopic (exact) mass is 339 g/mol. The van der Waals surface area contributed by atoms with Crippen LogP contribution < -0.4 is 4.90 Å². The molecular weight excluding hydrogens is 314 g/mol. The Labute approximate surface area is 148 Å². The molecule has 132 valence electrons. The van der Waals surface area contributed by atoms with Crippen molar-refractivity contribution < 1.29 is 4.79 Å². The summed E-state index contributed by atoms with van der Waals surface area (Å²) >= 11 is 0. The van der Waals surface area contributed by atoms with Gasteiger partial charge in [0.05, 0.1) is 12.6 Å². The first-order chi connectivity index (χ1) is 12.2. The Bertz CT molecular complexity index is 720. The number of aryl methyl sites for hydroxylation is 1. The predicted molar refractivity (Wildman–Crippen MR) is 97.3 cm³/mol. The molecule has 25 heavy (non-hydrogen) atoms. The highest BCUT2D eigenvalue weighted by Crippen LogP contribution is 2.25. The molecular formula is C19H25N5O. The van der Waals surface area contributed by atoms with Crippen LogP contribution in [-0.4, -0.2) is 64.0 Å². The van der Waals surface area contributed by atoms with Crippen molar-refractivity contribution in [1.29, 1.82) is 0 Å². The number of anilines is 1. The first-order valence-electron chi connectivity index (χ1n) is 9.01. The van der Waals surface area contributed by atoms with E-state index in [1.807, 2.05) is 54.7 Å². The van der Waals surface area contributed by atoms with Gasteiger partial charge in [0.2, 0.25) is 5.91 Å². The topological polar surface area (TPSA) is 44.6 Å². The van der Waals surface area contributed by atoms with Crippen LogP contribution >= 0.6 is 0 Å². The van der Waals surface area contributed by atoms with E-state index in [0.717, 1.165) is 57.2 Å². The molecule has 1 amide bonds. The molecule has 0 N–H and O–H groups in total. The third-order valence-corrected chi connectivity index (χ3v) is 5.38. The summed E-state index contributed by atoms with van der Waals surface area (Å²) in [7, 11) is 2.04. The molecule has 2 saturated heterocycles. The Balaban J connectivity index is 1.34. The average Bonchev–Trinajstić information content (AvgIpc) is 3.22. The van der Waals surface area contributed by atoms with E-state index in [-0.39, 0.29) is 11.9 Å². The van der Waals surface area contributed by atoms with Gasteiger partial charge in [0.1, 0.15) is 5.82 Å². The summed E-state index contributed by atoms with van der Waals surface area (Å²) in [6, 6.07) is 10.0. The third kappa shape index (κ3) is 3.32. The summed E-state index contributed by atoms with van der Waals surface area (Å²) in [4.78, 5) is 24.0. The summed E-state index contributed by atoms with van der Waals surface area (Å²) in [6.45, 7) is 5.57. The van der Waals surface area contributed by atoms with E-state index in [9.17, 15) is 4.79 Å². The van der Waals surface area contributed by atoms with Crippen molar-refractivity contribution in [3.8, 4) is 0 Å². The first-order valence-corrected chi connectivity index (χ1v) is 9.01. The number of aromatic nitrogens is 2.